The third-order valence-corrected chi connectivity index (χ3v) is 4.05. The predicted octanol–water partition coefficient (Wildman–Crippen LogP) is 0.974. The van der Waals surface area contributed by atoms with Crippen molar-refractivity contribution in [3.63, 3.8) is 0 Å². The topological polar surface area (TPSA) is 70.6 Å². The zero-order valence-electron chi connectivity index (χ0n) is 13.5. The van der Waals surface area contributed by atoms with E-state index in [1.807, 2.05) is 0 Å². The van der Waals surface area contributed by atoms with E-state index in [1.165, 1.54) is 13.0 Å². The van der Waals surface area contributed by atoms with Crippen molar-refractivity contribution in [2.24, 2.45) is 0 Å². The van der Waals surface area contributed by atoms with Crippen LogP contribution in [0.25, 0.3) is 0 Å². The molecule has 0 spiro atoms. The van der Waals surface area contributed by atoms with Gasteiger partial charge in [-0.3, -0.25) is 4.79 Å². The zero-order valence-corrected chi connectivity index (χ0v) is 13.5. The molecular weight excluding hydrogens is 306 g/mol. The van der Waals surface area contributed by atoms with Gasteiger partial charge in [0, 0.05) is 6.54 Å². The lowest BCUT2D eigenvalue weighted by Crippen LogP contribution is -2.56. The molecule has 5 nitrogen and oxygen atoms in total. The van der Waals surface area contributed by atoms with Gasteiger partial charge in [-0.2, -0.15) is 0 Å². The van der Waals surface area contributed by atoms with E-state index in [-0.39, 0.29) is 37.3 Å². The van der Waals surface area contributed by atoms with E-state index in [0.29, 0.717) is 5.56 Å². The number of ether oxygens (including phenoxy) is 1. The van der Waals surface area contributed by atoms with Crippen LogP contribution in [0.4, 0.5) is 8.78 Å². The lowest BCUT2D eigenvalue weighted by molar-refractivity contribution is -0.137. The molecule has 1 amide bonds. The monoisotopic (exact) mass is 328 g/mol. The van der Waals surface area contributed by atoms with Crippen molar-refractivity contribution in [1.29, 1.82) is 0 Å². The maximum absolute atomic E-state index is 13.7. The van der Waals surface area contributed by atoms with Crippen molar-refractivity contribution in [3.05, 3.63) is 34.9 Å². The van der Waals surface area contributed by atoms with Crippen LogP contribution in [-0.4, -0.2) is 42.9 Å². The summed E-state index contributed by atoms with van der Waals surface area (Å²) in [5, 5.41) is 14.8. The van der Waals surface area contributed by atoms with Crippen molar-refractivity contribution < 1.29 is 23.4 Å². The number of amides is 1. The fourth-order valence-corrected chi connectivity index (χ4v) is 2.69. The Balaban J connectivity index is 2.09. The molecule has 1 aromatic carbocycles. The Bertz CT molecular complexity index is 585. The highest BCUT2D eigenvalue weighted by Crippen LogP contribution is 2.27. The van der Waals surface area contributed by atoms with Gasteiger partial charge in [0.2, 0.25) is 0 Å². The SMILES string of the molecule is Cc1c(C(C)(C)NC(=O)[C@@H]2CN[C@H](CO)CO2)ccc(F)c1F. The summed E-state index contributed by atoms with van der Waals surface area (Å²) in [6, 6.07) is 2.34. The van der Waals surface area contributed by atoms with Gasteiger partial charge >= 0.3 is 0 Å². The fourth-order valence-electron chi connectivity index (χ4n) is 2.69. The molecule has 2 rings (SSSR count). The van der Waals surface area contributed by atoms with Crippen LogP contribution in [0.3, 0.4) is 0 Å². The molecule has 1 fully saturated rings. The molecule has 128 valence electrons. The highest BCUT2D eigenvalue weighted by Gasteiger charge is 2.32. The van der Waals surface area contributed by atoms with Gasteiger partial charge in [-0.25, -0.2) is 8.78 Å². The Morgan fingerprint density at radius 2 is 2.17 bits per heavy atom. The number of morpholine rings is 1. The van der Waals surface area contributed by atoms with E-state index >= 15 is 0 Å². The number of hydrogen-bond acceptors (Lipinski definition) is 4. The quantitative estimate of drug-likeness (QED) is 0.770. The Kier molecular flexibility index (Phi) is 5.33. The first-order valence-electron chi connectivity index (χ1n) is 7.49. The van der Waals surface area contributed by atoms with E-state index in [2.05, 4.69) is 10.6 Å². The van der Waals surface area contributed by atoms with E-state index in [0.717, 1.165) is 6.07 Å². The van der Waals surface area contributed by atoms with Crippen molar-refractivity contribution in [1.82, 2.24) is 10.6 Å². The summed E-state index contributed by atoms with van der Waals surface area (Å²) < 4.78 is 32.4. The number of rotatable bonds is 4. The molecule has 0 radical (unpaired) electrons. The molecule has 0 aliphatic carbocycles. The fraction of sp³-hybridized carbons (Fsp3) is 0.562. The van der Waals surface area contributed by atoms with E-state index in [9.17, 15) is 13.6 Å². The van der Waals surface area contributed by atoms with Crippen LogP contribution in [0, 0.1) is 18.6 Å². The summed E-state index contributed by atoms with van der Waals surface area (Å²) in [5.74, 6) is -2.17. The van der Waals surface area contributed by atoms with E-state index in [1.54, 1.807) is 13.8 Å². The molecule has 0 aromatic heterocycles. The highest BCUT2D eigenvalue weighted by atomic mass is 19.2. The molecule has 0 saturated carbocycles. The maximum Gasteiger partial charge on any atom is 0.251 e. The Morgan fingerprint density at radius 3 is 2.74 bits per heavy atom. The largest absolute Gasteiger partial charge is 0.395 e. The summed E-state index contributed by atoms with van der Waals surface area (Å²) in [5.41, 5.74) is -0.215. The molecule has 1 heterocycles. The lowest BCUT2D eigenvalue weighted by atomic mass is 9.89. The van der Waals surface area contributed by atoms with Crippen LogP contribution in [0.5, 0.6) is 0 Å². The number of halogens is 2. The standard InChI is InChI=1S/C16H22F2N2O3/c1-9-11(4-5-12(17)14(9)18)16(2,3)20-15(22)13-6-19-10(7-21)8-23-13/h4-5,10,13,19,21H,6-8H2,1-3H3,(H,20,22)/t10-,13+/m1/s1. The van der Waals surface area contributed by atoms with Gasteiger partial charge < -0.3 is 20.5 Å². The molecule has 0 bridgehead atoms. The molecule has 1 aliphatic heterocycles. The molecule has 1 aliphatic rings. The zero-order chi connectivity index (χ0) is 17.2. The minimum Gasteiger partial charge on any atom is -0.395 e. The Morgan fingerprint density at radius 1 is 1.48 bits per heavy atom. The summed E-state index contributed by atoms with van der Waals surface area (Å²) in [6.07, 6.45) is -0.692. The molecule has 0 unspecified atom stereocenters. The summed E-state index contributed by atoms with van der Waals surface area (Å²) >= 11 is 0. The van der Waals surface area contributed by atoms with Gasteiger partial charge in [-0.1, -0.05) is 6.07 Å². The first-order chi connectivity index (χ1) is 10.8. The Labute approximate surface area is 134 Å². The Hall–Kier alpha value is -1.57. The highest BCUT2D eigenvalue weighted by molar-refractivity contribution is 5.82. The number of aliphatic hydroxyl groups excluding tert-OH is 1. The number of carbonyl (C=O) groups excluding carboxylic acids is 1. The second kappa shape index (κ2) is 6.90. The van der Waals surface area contributed by atoms with Gasteiger partial charge in [-0.05, 0) is 38.0 Å². The number of carbonyl (C=O) groups is 1. The lowest BCUT2D eigenvalue weighted by Gasteiger charge is -2.33. The van der Waals surface area contributed by atoms with Crippen molar-refractivity contribution in [2.45, 2.75) is 38.5 Å². The minimum atomic E-state index is -0.914. The van der Waals surface area contributed by atoms with Crippen molar-refractivity contribution >= 4 is 5.91 Å². The molecule has 1 aromatic rings. The first kappa shape index (κ1) is 17.8. The van der Waals surface area contributed by atoms with Crippen LogP contribution in [0.1, 0.15) is 25.0 Å². The number of nitrogens with one attached hydrogen (secondary N) is 2. The summed E-state index contributed by atoms with van der Waals surface area (Å²) in [7, 11) is 0. The normalized spacial score (nSPS) is 22.0. The van der Waals surface area contributed by atoms with E-state index in [4.69, 9.17) is 9.84 Å². The third kappa shape index (κ3) is 3.85. The summed E-state index contributed by atoms with van der Waals surface area (Å²) in [4.78, 5) is 12.3. The molecule has 23 heavy (non-hydrogen) atoms. The second-order valence-electron chi connectivity index (χ2n) is 6.26. The predicted molar refractivity (Wildman–Crippen MR) is 80.9 cm³/mol. The second-order valence-corrected chi connectivity index (χ2v) is 6.26. The van der Waals surface area contributed by atoms with Gasteiger partial charge in [0.05, 0.1) is 24.8 Å². The van der Waals surface area contributed by atoms with Crippen LogP contribution < -0.4 is 10.6 Å². The molecular formula is C16H22F2N2O3. The molecule has 1 saturated heterocycles. The summed E-state index contributed by atoms with van der Waals surface area (Å²) in [6.45, 7) is 5.37. The third-order valence-electron chi connectivity index (χ3n) is 4.05. The van der Waals surface area contributed by atoms with Gasteiger partial charge in [-0.15, -0.1) is 0 Å². The average Bonchev–Trinajstić information content (AvgIpc) is 2.52. The van der Waals surface area contributed by atoms with Crippen molar-refractivity contribution in [3.8, 4) is 0 Å². The van der Waals surface area contributed by atoms with Gasteiger partial charge in [0.15, 0.2) is 11.6 Å². The molecule has 7 heteroatoms. The first-order valence-corrected chi connectivity index (χ1v) is 7.49. The van der Waals surface area contributed by atoms with Crippen LogP contribution in [0.2, 0.25) is 0 Å². The maximum atomic E-state index is 13.7. The molecule has 3 N–H and O–H groups in total. The molecule has 2 atom stereocenters. The number of hydrogen-bond donors (Lipinski definition) is 3. The van der Waals surface area contributed by atoms with E-state index < -0.39 is 23.3 Å². The number of aliphatic hydroxyl groups is 1. The van der Waals surface area contributed by atoms with Crippen LogP contribution in [-0.2, 0) is 15.1 Å². The van der Waals surface area contributed by atoms with Crippen LogP contribution in [0.15, 0.2) is 12.1 Å². The average molecular weight is 328 g/mol. The smallest absolute Gasteiger partial charge is 0.251 e. The van der Waals surface area contributed by atoms with Gasteiger partial charge in [0.1, 0.15) is 6.10 Å². The number of benzene rings is 1. The van der Waals surface area contributed by atoms with Crippen molar-refractivity contribution in [2.75, 3.05) is 19.8 Å². The van der Waals surface area contributed by atoms with Crippen LogP contribution >= 0.6 is 0 Å². The van der Waals surface area contributed by atoms with Gasteiger partial charge in [0.25, 0.3) is 5.91 Å². The minimum absolute atomic E-state index is 0.0616.